The highest BCUT2D eigenvalue weighted by molar-refractivity contribution is 6.69. The summed E-state index contributed by atoms with van der Waals surface area (Å²) in [7, 11) is 0. The van der Waals surface area contributed by atoms with E-state index in [1.807, 2.05) is 0 Å². The number of allylic oxidation sites excluding steroid dienone is 3. The molecule has 1 unspecified atom stereocenters. The predicted molar refractivity (Wildman–Crippen MR) is 91.8 cm³/mol. The predicted octanol–water partition coefficient (Wildman–Crippen LogP) is 5.01. The van der Waals surface area contributed by atoms with Gasteiger partial charge in [0, 0.05) is 5.02 Å². The molecule has 1 aromatic carbocycles. The lowest BCUT2D eigenvalue weighted by atomic mass is 9.95. The van der Waals surface area contributed by atoms with Crippen LogP contribution in [-0.4, -0.2) is 25.8 Å². The standard InChI is InChI=1S/C14H9Cl5O4/c15-8-3-1-7(2-4-8)11(14(17,18)19)10(20)6-5-9(16)12(21)13(22)23/h1-6,11,21H,(H,22,23)/b6-5+,12-9+. The smallest absolute Gasteiger partial charge is 0.372 e. The van der Waals surface area contributed by atoms with Crippen molar-refractivity contribution in [2.24, 2.45) is 0 Å². The van der Waals surface area contributed by atoms with Gasteiger partial charge in [-0.2, -0.15) is 0 Å². The summed E-state index contributed by atoms with van der Waals surface area (Å²) < 4.78 is -1.96. The van der Waals surface area contributed by atoms with E-state index in [1.54, 1.807) is 0 Å². The maximum absolute atomic E-state index is 12.3. The molecule has 0 bridgehead atoms. The summed E-state index contributed by atoms with van der Waals surface area (Å²) in [5.41, 5.74) is 0.395. The third kappa shape index (κ3) is 5.90. The van der Waals surface area contributed by atoms with E-state index in [-0.39, 0.29) is 0 Å². The number of benzene rings is 1. The first-order chi connectivity index (χ1) is 10.5. The molecule has 1 rings (SSSR count). The van der Waals surface area contributed by atoms with Crippen molar-refractivity contribution in [2.75, 3.05) is 0 Å². The number of carboxylic acid groups (broad SMARTS) is 1. The van der Waals surface area contributed by atoms with Crippen LogP contribution in [0.3, 0.4) is 0 Å². The van der Waals surface area contributed by atoms with E-state index < -0.39 is 32.3 Å². The molecular weight excluding hydrogens is 409 g/mol. The molecule has 0 saturated carbocycles. The van der Waals surface area contributed by atoms with Gasteiger partial charge >= 0.3 is 5.97 Å². The van der Waals surface area contributed by atoms with Crippen LogP contribution in [0, 0.1) is 0 Å². The zero-order valence-electron chi connectivity index (χ0n) is 11.1. The van der Waals surface area contributed by atoms with Crippen LogP contribution in [0.15, 0.2) is 47.2 Å². The fraction of sp³-hybridized carbons (Fsp3) is 0.143. The zero-order valence-corrected chi connectivity index (χ0v) is 14.9. The number of carboxylic acids is 1. The molecular formula is C14H9Cl5O4. The molecule has 124 valence electrons. The molecule has 0 aromatic heterocycles. The van der Waals surface area contributed by atoms with Crippen molar-refractivity contribution in [1.29, 1.82) is 0 Å². The van der Waals surface area contributed by atoms with Gasteiger partial charge in [-0.1, -0.05) is 70.1 Å². The van der Waals surface area contributed by atoms with Gasteiger partial charge in [-0.15, -0.1) is 0 Å². The van der Waals surface area contributed by atoms with Gasteiger partial charge < -0.3 is 10.2 Å². The lowest BCUT2D eigenvalue weighted by Crippen LogP contribution is -2.24. The highest BCUT2D eigenvalue weighted by Gasteiger charge is 2.38. The van der Waals surface area contributed by atoms with Gasteiger partial charge in [0.1, 0.15) is 0 Å². The minimum atomic E-state index is -1.96. The average Bonchev–Trinajstić information content (AvgIpc) is 2.44. The molecule has 0 spiro atoms. The molecule has 0 fully saturated rings. The normalized spacial score (nSPS) is 14.5. The number of alkyl halides is 3. The second-order valence-electron chi connectivity index (χ2n) is 4.26. The molecule has 0 heterocycles. The number of aliphatic hydroxyl groups is 1. The minimum Gasteiger partial charge on any atom is -0.501 e. The molecule has 0 radical (unpaired) electrons. The summed E-state index contributed by atoms with van der Waals surface area (Å²) in [5, 5.41) is 17.6. The van der Waals surface area contributed by atoms with E-state index in [9.17, 15) is 9.59 Å². The molecule has 0 aliphatic carbocycles. The Kier molecular flexibility index (Phi) is 7.24. The largest absolute Gasteiger partial charge is 0.501 e. The van der Waals surface area contributed by atoms with Gasteiger partial charge in [0.2, 0.25) is 9.55 Å². The van der Waals surface area contributed by atoms with Gasteiger partial charge in [-0.25, -0.2) is 4.79 Å². The highest BCUT2D eigenvalue weighted by Crippen LogP contribution is 2.42. The first-order valence-corrected chi connectivity index (χ1v) is 7.79. The SMILES string of the molecule is O=C(O)/C(O)=C(Cl)/C=C/C(=O)C(c1ccc(Cl)cc1)C(Cl)(Cl)Cl. The first kappa shape index (κ1) is 20.1. The first-order valence-electron chi connectivity index (χ1n) is 5.90. The van der Waals surface area contributed by atoms with Crippen LogP contribution >= 0.6 is 58.0 Å². The van der Waals surface area contributed by atoms with Crippen LogP contribution < -0.4 is 0 Å². The monoisotopic (exact) mass is 416 g/mol. The molecule has 0 amide bonds. The van der Waals surface area contributed by atoms with E-state index in [0.717, 1.165) is 12.2 Å². The molecule has 1 atom stereocenters. The summed E-state index contributed by atoms with van der Waals surface area (Å²) in [6, 6.07) is 6.10. The summed E-state index contributed by atoms with van der Waals surface area (Å²) in [6.45, 7) is 0. The molecule has 0 saturated heterocycles. The summed E-state index contributed by atoms with van der Waals surface area (Å²) in [4.78, 5) is 22.8. The average molecular weight is 418 g/mol. The second kappa shape index (κ2) is 8.27. The van der Waals surface area contributed by atoms with Crippen LogP contribution in [0.2, 0.25) is 5.02 Å². The fourth-order valence-corrected chi connectivity index (χ4v) is 2.57. The van der Waals surface area contributed by atoms with Crippen LogP contribution in [0.5, 0.6) is 0 Å². The van der Waals surface area contributed by atoms with Gasteiger partial charge in [0.25, 0.3) is 0 Å². The van der Waals surface area contributed by atoms with Crippen molar-refractivity contribution in [3.63, 3.8) is 0 Å². The summed E-state index contributed by atoms with van der Waals surface area (Å²) >= 11 is 28.9. The van der Waals surface area contributed by atoms with Gasteiger partial charge in [0.05, 0.1) is 11.0 Å². The van der Waals surface area contributed by atoms with Crippen LogP contribution in [0.4, 0.5) is 0 Å². The van der Waals surface area contributed by atoms with Crippen molar-refractivity contribution in [2.45, 2.75) is 9.71 Å². The molecule has 1 aromatic rings. The topological polar surface area (TPSA) is 74.6 Å². The number of ketones is 1. The Morgan fingerprint density at radius 3 is 2.00 bits per heavy atom. The fourth-order valence-electron chi connectivity index (χ4n) is 1.60. The number of aliphatic carboxylic acids is 1. The molecule has 23 heavy (non-hydrogen) atoms. The van der Waals surface area contributed by atoms with Gasteiger partial charge in [0.15, 0.2) is 5.78 Å². The maximum Gasteiger partial charge on any atom is 0.372 e. The minimum absolute atomic E-state index is 0.395. The van der Waals surface area contributed by atoms with E-state index in [1.165, 1.54) is 24.3 Å². The van der Waals surface area contributed by atoms with Crippen LogP contribution in [0.1, 0.15) is 11.5 Å². The Morgan fingerprint density at radius 1 is 1.04 bits per heavy atom. The van der Waals surface area contributed by atoms with Crippen molar-refractivity contribution in [3.05, 3.63) is 57.8 Å². The number of hydrogen-bond donors (Lipinski definition) is 2. The molecule has 0 aliphatic rings. The Labute approximate surface area is 156 Å². The van der Waals surface area contributed by atoms with E-state index in [0.29, 0.717) is 10.6 Å². The second-order valence-corrected chi connectivity index (χ2v) is 7.48. The Balaban J connectivity index is 3.15. The Bertz CT molecular complexity index is 659. The third-order valence-electron chi connectivity index (χ3n) is 2.64. The lowest BCUT2D eigenvalue weighted by molar-refractivity contribution is -0.135. The van der Waals surface area contributed by atoms with E-state index >= 15 is 0 Å². The quantitative estimate of drug-likeness (QED) is 0.305. The molecule has 9 heteroatoms. The Hall–Kier alpha value is -0.910. The number of aliphatic hydroxyl groups excluding tert-OH is 1. The number of rotatable bonds is 5. The lowest BCUT2D eigenvalue weighted by Gasteiger charge is -2.22. The van der Waals surface area contributed by atoms with Crippen LogP contribution in [0.25, 0.3) is 0 Å². The number of carbonyl (C=O) groups is 2. The maximum atomic E-state index is 12.3. The van der Waals surface area contributed by atoms with Crippen molar-refractivity contribution < 1.29 is 19.8 Å². The molecule has 0 aliphatic heterocycles. The van der Waals surface area contributed by atoms with Crippen LogP contribution in [-0.2, 0) is 9.59 Å². The van der Waals surface area contributed by atoms with Crippen molar-refractivity contribution in [1.82, 2.24) is 0 Å². The number of halogens is 5. The highest BCUT2D eigenvalue weighted by atomic mass is 35.6. The number of carbonyl (C=O) groups excluding carboxylic acids is 1. The number of hydrogen-bond acceptors (Lipinski definition) is 3. The van der Waals surface area contributed by atoms with Crippen molar-refractivity contribution in [3.8, 4) is 0 Å². The Morgan fingerprint density at radius 2 is 1.57 bits per heavy atom. The summed E-state index contributed by atoms with van der Waals surface area (Å²) in [5.74, 6) is -4.56. The molecule has 4 nitrogen and oxygen atoms in total. The van der Waals surface area contributed by atoms with Gasteiger partial charge in [-0.05, 0) is 29.8 Å². The van der Waals surface area contributed by atoms with E-state index in [4.69, 9.17) is 68.2 Å². The van der Waals surface area contributed by atoms with Crippen molar-refractivity contribution >= 4 is 69.8 Å². The summed E-state index contributed by atoms with van der Waals surface area (Å²) in [6.07, 6.45) is 1.83. The third-order valence-corrected chi connectivity index (χ3v) is 3.85. The zero-order chi connectivity index (χ0) is 17.8. The molecule has 2 N–H and O–H groups in total. The van der Waals surface area contributed by atoms with E-state index in [2.05, 4.69) is 0 Å². The van der Waals surface area contributed by atoms with Gasteiger partial charge in [-0.3, -0.25) is 4.79 Å².